The zero-order valence-electron chi connectivity index (χ0n) is 18.4. The summed E-state index contributed by atoms with van der Waals surface area (Å²) in [6.45, 7) is 9.72. The molecule has 2 aromatic heterocycles. The maximum Gasteiger partial charge on any atom is 0.270 e. The number of ether oxygens (including phenoxy) is 1. The molecule has 0 aliphatic rings. The molecule has 0 unspecified atom stereocenters. The Hall–Kier alpha value is -3.94. The number of fused-ring (bicyclic) bond motifs is 1. The number of nitrogens with zero attached hydrogens (tertiary/aromatic N) is 2. The van der Waals surface area contributed by atoms with Gasteiger partial charge in [-0.1, -0.05) is 12.6 Å². The lowest BCUT2D eigenvalue weighted by Crippen LogP contribution is -2.34. The summed E-state index contributed by atoms with van der Waals surface area (Å²) >= 11 is 0. The Balaban J connectivity index is 1.46. The van der Waals surface area contributed by atoms with Crippen LogP contribution < -0.4 is 20.9 Å². The lowest BCUT2D eigenvalue weighted by Gasteiger charge is -2.11. The van der Waals surface area contributed by atoms with Gasteiger partial charge in [-0.2, -0.15) is 0 Å². The number of hydrogen-bond donors (Lipinski definition) is 2. The molecule has 166 valence electrons. The van der Waals surface area contributed by atoms with E-state index in [2.05, 4.69) is 22.2 Å². The van der Waals surface area contributed by atoms with E-state index >= 15 is 0 Å². The number of nitrogens with one attached hydrogen (secondary N) is 2. The number of aryl methyl sites for hydroxylation is 3. The molecule has 3 rings (SSSR count). The zero-order chi connectivity index (χ0) is 23.3. The van der Waals surface area contributed by atoms with Crippen LogP contribution in [0.5, 0.6) is 5.75 Å². The van der Waals surface area contributed by atoms with Crippen LogP contribution in [-0.2, 0) is 4.79 Å². The Labute approximate surface area is 185 Å². The summed E-state index contributed by atoms with van der Waals surface area (Å²) < 4.78 is 6.82. The SMILES string of the molecule is C=C(CCNC(=O)c1cnc2cc(C)ccn2c1=O)NC(=O)COc1ccc(C)c(C)c1. The Morgan fingerprint density at radius 1 is 1.12 bits per heavy atom. The van der Waals surface area contributed by atoms with Gasteiger partial charge in [0.25, 0.3) is 17.4 Å². The first kappa shape index (κ1) is 22.7. The van der Waals surface area contributed by atoms with Crippen LogP contribution in [0.15, 0.2) is 59.8 Å². The molecular weight excluding hydrogens is 408 g/mol. The molecule has 32 heavy (non-hydrogen) atoms. The quantitative estimate of drug-likeness (QED) is 0.567. The van der Waals surface area contributed by atoms with Crippen molar-refractivity contribution in [1.29, 1.82) is 0 Å². The molecule has 8 heteroatoms. The molecule has 0 saturated heterocycles. The molecule has 0 spiro atoms. The van der Waals surface area contributed by atoms with Gasteiger partial charge >= 0.3 is 0 Å². The highest BCUT2D eigenvalue weighted by Gasteiger charge is 2.13. The number of amides is 2. The second-order valence-electron chi connectivity index (χ2n) is 7.60. The maximum absolute atomic E-state index is 12.5. The highest BCUT2D eigenvalue weighted by Crippen LogP contribution is 2.16. The van der Waals surface area contributed by atoms with Gasteiger partial charge in [0.05, 0.1) is 0 Å². The molecule has 2 N–H and O–H groups in total. The van der Waals surface area contributed by atoms with E-state index in [1.807, 2.05) is 39.0 Å². The molecule has 8 nitrogen and oxygen atoms in total. The Kier molecular flexibility index (Phi) is 7.04. The summed E-state index contributed by atoms with van der Waals surface area (Å²) in [7, 11) is 0. The molecule has 0 radical (unpaired) electrons. The van der Waals surface area contributed by atoms with Crippen molar-refractivity contribution < 1.29 is 14.3 Å². The molecule has 0 aliphatic carbocycles. The highest BCUT2D eigenvalue weighted by atomic mass is 16.5. The van der Waals surface area contributed by atoms with Crippen LogP contribution in [0, 0.1) is 20.8 Å². The smallest absolute Gasteiger partial charge is 0.270 e. The van der Waals surface area contributed by atoms with Crippen molar-refractivity contribution in [3.05, 3.63) is 87.6 Å². The van der Waals surface area contributed by atoms with Crippen molar-refractivity contribution in [2.24, 2.45) is 0 Å². The summed E-state index contributed by atoms with van der Waals surface area (Å²) in [4.78, 5) is 41.1. The third-order valence-electron chi connectivity index (χ3n) is 4.99. The molecule has 1 aromatic carbocycles. The van der Waals surface area contributed by atoms with Crippen molar-refractivity contribution in [1.82, 2.24) is 20.0 Å². The van der Waals surface area contributed by atoms with Crippen LogP contribution in [0.25, 0.3) is 5.65 Å². The summed E-state index contributed by atoms with van der Waals surface area (Å²) in [5.74, 6) is -0.256. The number of benzene rings is 1. The molecule has 0 bridgehead atoms. The molecular formula is C24H26N4O4. The van der Waals surface area contributed by atoms with Crippen molar-refractivity contribution in [3.63, 3.8) is 0 Å². The monoisotopic (exact) mass is 434 g/mol. The summed E-state index contributed by atoms with van der Waals surface area (Å²) in [5, 5.41) is 5.30. The van der Waals surface area contributed by atoms with Gasteiger partial charge in [0, 0.05) is 31.1 Å². The third-order valence-corrected chi connectivity index (χ3v) is 4.99. The van der Waals surface area contributed by atoms with Gasteiger partial charge in [0.1, 0.15) is 17.0 Å². The number of carbonyl (C=O) groups is 2. The topological polar surface area (TPSA) is 102 Å². The first-order valence-corrected chi connectivity index (χ1v) is 10.2. The number of rotatable bonds is 8. The van der Waals surface area contributed by atoms with Crippen molar-refractivity contribution in [2.75, 3.05) is 13.2 Å². The van der Waals surface area contributed by atoms with E-state index in [9.17, 15) is 14.4 Å². The zero-order valence-corrected chi connectivity index (χ0v) is 18.4. The van der Waals surface area contributed by atoms with Gasteiger partial charge in [0.2, 0.25) is 0 Å². The molecule has 0 atom stereocenters. The van der Waals surface area contributed by atoms with Gasteiger partial charge in [0.15, 0.2) is 6.61 Å². The minimum atomic E-state index is -0.533. The molecule has 0 aliphatic heterocycles. The van der Waals surface area contributed by atoms with Gasteiger partial charge in [-0.25, -0.2) is 4.98 Å². The molecule has 3 aromatic rings. The molecule has 2 heterocycles. The first-order chi connectivity index (χ1) is 15.2. The van der Waals surface area contributed by atoms with Gasteiger partial charge in [-0.3, -0.25) is 18.8 Å². The molecule has 0 saturated carbocycles. The van der Waals surface area contributed by atoms with E-state index in [0.29, 0.717) is 23.5 Å². The highest BCUT2D eigenvalue weighted by molar-refractivity contribution is 5.93. The molecule has 0 fully saturated rings. The van der Waals surface area contributed by atoms with Crippen LogP contribution >= 0.6 is 0 Å². The summed E-state index contributed by atoms with van der Waals surface area (Å²) in [6.07, 6.45) is 3.17. The van der Waals surface area contributed by atoms with Crippen LogP contribution in [0.4, 0.5) is 0 Å². The van der Waals surface area contributed by atoms with Crippen molar-refractivity contribution >= 4 is 17.5 Å². The Morgan fingerprint density at radius 3 is 2.66 bits per heavy atom. The fourth-order valence-electron chi connectivity index (χ4n) is 3.00. The second-order valence-corrected chi connectivity index (χ2v) is 7.60. The third kappa shape index (κ3) is 5.60. The van der Waals surface area contributed by atoms with E-state index in [-0.39, 0.29) is 24.6 Å². The minimum Gasteiger partial charge on any atom is -0.484 e. The van der Waals surface area contributed by atoms with Crippen LogP contribution in [0.1, 0.15) is 33.5 Å². The maximum atomic E-state index is 12.5. The predicted octanol–water partition coefficient (Wildman–Crippen LogP) is 2.45. The average Bonchev–Trinajstić information content (AvgIpc) is 2.74. The van der Waals surface area contributed by atoms with Crippen molar-refractivity contribution in [2.45, 2.75) is 27.2 Å². The number of hydrogen-bond acceptors (Lipinski definition) is 5. The van der Waals surface area contributed by atoms with Gasteiger partial charge < -0.3 is 15.4 Å². The number of pyridine rings is 1. The number of aromatic nitrogens is 2. The fourth-order valence-corrected chi connectivity index (χ4v) is 3.00. The lowest BCUT2D eigenvalue weighted by molar-refractivity contribution is -0.122. The Bertz CT molecular complexity index is 1250. The van der Waals surface area contributed by atoms with E-state index < -0.39 is 11.5 Å². The van der Waals surface area contributed by atoms with E-state index in [4.69, 9.17) is 4.74 Å². The first-order valence-electron chi connectivity index (χ1n) is 10.2. The van der Waals surface area contributed by atoms with Crippen LogP contribution in [0.3, 0.4) is 0 Å². The van der Waals surface area contributed by atoms with Crippen molar-refractivity contribution in [3.8, 4) is 5.75 Å². The Morgan fingerprint density at radius 2 is 1.91 bits per heavy atom. The molecule has 2 amide bonds. The van der Waals surface area contributed by atoms with E-state index in [1.165, 1.54) is 10.6 Å². The van der Waals surface area contributed by atoms with E-state index in [0.717, 1.165) is 16.7 Å². The van der Waals surface area contributed by atoms with Gasteiger partial charge in [-0.15, -0.1) is 0 Å². The predicted molar refractivity (Wildman–Crippen MR) is 122 cm³/mol. The van der Waals surface area contributed by atoms with E-state index in [1.54, 1.807) is 18.3 Å². The van der Waals surface area contributed by atoms with Crippen LogP contribution in [0.2, 0.25) is 0 Å². The van der Waals surface area contributed by atoms with Gasteiger partial charge in [-0.05, 0) is 61.7 Å². The summed E-state index contributed by atoms with van der Waals surface area (Å²) in [6, 6.07) is 9.15. The number of carbonyl (C=O) groups excluding carboxylic acids is 2. The minimum absolute atomic E-state index is 0.0530. The summed E-state index contributed by atoms with van der Waals surface area (Å²) in [5.41, 5.74) is 3.61. The standard InChI is InChI=1S/C24H26N4O4/c1-15-8-10-28-21(11-15)26-13-20(24(28)31)23(30)25-9-7-18(4)27-22(29)14-32-19-6-5-16(2)17(3)12-19/h5-6,8,10-13H,4,7,9,14H2,1-3H3,(H,25,30)(H,27,29). The lowest BCUT2D eigenvalue weighted by atomic mass is 10.1. The fraction of sp³-hybridized carbons (Fsp3) is 0.250. The normalized spacial score (nSPS) is 10.6. The second kappa shape index (κ2) is 9.91. The van der Waals surface area contributed by atoms with Crippen LogP contribution in [-0.4, -0.2) is 34.4 Å². The largest absolute Gasteiger partial charge is 0.484 e. The average molecular weight is 434 g/mol.